The van der Waals surface area contributed by atoms with Crippen molar-refractivity contribution in [2.24, 2.45) is 0 Å². The second-order valence-corrected chi connectivity index (χ2v) is 5.72. The Morgan fingerprint density at radius 2 is 2.11 bits per heavy atom. The summed E-state index contributed by atoms with van der Waals surface area (Å²) in [5, 5.41) is 13.7. The average Bonchev–Trinajstić information content (AvgIpc) is 2.39. The van der Waals surface area contributed by atoms with Crippen molar-refractivity contribution in [3.05, 3.63) is 11.9 Å². The van der Waals surface area contributed by atoms with E-state index < -0.39 is 0 Å². The summed E-state index contributed by atoms with van der Waals surface area (Å²) in [6.45, 7) is 7.38. The number of anilines is 1. The summed E-state index contributed by atoms with van der Waals surface area (Å²) in [4.78, 5) is 8.69. The zero-order valence-electron chi connectivity index (χ0n) is 11.4. The van der Waals surface area contributed by atoms with Crippen molar-refractivity contribution in [1.29, 1.82) is 0 Å². The van der Waals surface area contributed by atoms with E-state index in [1.807, 2.05) is 6.92 Å². The highest BCUT2D eigenvalue weighted by Crippen LogP contribution is 2.29. The molecule has 0 aromatic carbocycles. The summed E-state index contributed by atoms with van der Waals surface area (Å²) in [6, 6.07) is 0. The van der Waals surface area contributed by atoms with Gasteiger partial charge in [0.05, 0.1) is 6.61 Å². The lowest BCUT2D eigenvalue weighted by Crippen LogP contribution is -2.09. The summed E-state index contributed by atoms with van der Waals surface area (Å²) >= 11 is 1.62. The second kappa shape index (κ2) is 8.32. The smallest absolute Gasteiger partial charge is 0.133 e. The number of nitrogens with zero attached hydrogens (tertiary/aromatic N) is 2. The largest absolute Gasteiger partial charge is 0.395 e. The van der Waals surface area contributed by atoms with Crippen molar-refractivity contribution < 1.29 is 5.11 Å². The van der Waals surface area contributed by atoms with E-state index in [-0.39, 0.29) is 11.9 Å². The fraction of sp³-hybridized carbons (Fsp3) is 0.692. The molecule has 4 nitrogen and oxygen atoms in total. The first-order chi connectivity index (χ1) is 8.72. The summed E-state index contributed by atoms with van der Waals surface area (Å²) < 4.78 is 0. The average molecular weight is 269 g/mol. The van der Waals surface area contributed by atoms with E-state index >= 15 is 0 Å². The van der Waals surface area contributed by atoms with Gasteiger partial charge in [0.2, 0.25) is 0 Å². The lowest BCUT2D eigenvalue weighted by Gasteiger charge is -2.15. The van der Waals surface area contributed by atoms with Gasteiger partial charge in [-0.3, -0.25) is 0 Å². The fourth-order valence-corrected chi connectivity index (χ4v) is 2.50. The molecule has 0 saturated carbocycles. The molecule has 0 aliphatic heterocycles. The first kappa shape index (κ1) is 15.2. The molecular weight excluding hydrogens is 246 g/mol. The van der Waals surface area contributed by atoms with Crippen LogP contribution in [0.2, 0.25) is 0 Å². The number of nitrogens with one attached hydrogen (secondary N) is 1. The van der Waals surface area contributed by atoms with Crippen LogP contribution >= 0.6 is 11.8 Å². The topological polar surface area (TPSA) is 58.0 Å². The number of aromatic nitrogens is 2. The monoisotopic (exact) mass is 269 g/mol. The molecule has 0 bridgehead atoms. The van der Waals surface area contributed by atoms with Crippen LogP contribution in [0.3, 0.4) is 0 Å². The number of rotatable bonds is 8. The van der Waals surface area contributed by atoms with Crippen LogP contribution in [0.25, 0.3) is 0 Å². The minimum atomic E-state index is 0.162. The standard InChI is InChI=1S/C13H23N3OS/c1-4-6-11-12(14-7-5-2)15-9-16-13(11)18-10(3)8-17/h9-10,17H,4-8H2,1-3H3,(H,14,15,16). The van der Waals surface area contributed by atoms with E-state index in [2.05, 4.69) is 29.1 Å². The predicted octanol–water partition coefficient (Wildman–Crippen LogP) is 2.72. The fourth-order valence-electron chi connectivity index (χ4n) is 1.60. The van der Waals surface area contributed by atoms with E-state index in [1.54, 1.807) is 18.1 Å². The minimum absolute atomic E-state index is 0.162. The van der Waals surface area contributed by atoms with Crippen LogP contribution in [0, 0.1) is 0 Å². The van der Waals surface area contributed by atoms with Crippen LogP contribution in [0.4, 0.5) is 5.82 Å². The first-order valence-corrected chi connectivity index (χ1v) is 7.46. The maximum absolute atomic E-state index is 9.15. The molecule has 1 atom stereocenters. The highest BCUT2D eigenvalue weighted by Gasteiger charge is 2.13. The summed E-state index contributed by atoms with van der Waals surface area (Å²) in [6.07, 6.45) is 4.71. The Balaban J connectivity index is 2.92. The van der Waals surface area contributed by atoms with Crippen molar-refractivity contribution in [2.45, 2.75) is 50.3 Å². The van der Waals surface area contributed by atoms with Gasteiger partial charge in [0.25, 0.3) is 0 Å². The van der Waals surface area contributed by atoms with E-state index in [0.29, 0.717) is 0 Å². The molecule has 0 saturated heterocycles. The third-order valence-corrected chi connectivity index (χ3v) is 3.64. The molecule has 1 aromatic rings. The quantitative estimate of drug-likeness (QED) is 0.561. The number of aliphatic hydroxyl groups is 1. The number of thioether (sulfide) groups is 1. The number of aliphatic hydroxyl groups excluding tert-OH is 1. The van der Waals surface area contributed by atoms with Gasteiger partial charge in [0.15, 0.2) is 0 Å². The van der Waals surface area contributed by atoms with Crippen molar-refractivity contribution in [3.8, 4) is 0 Å². The molecule has 1 unspecified atom stereocenters. The Morgan fingerprint density at radius 1 is 1.33 bits per heavy atom. The third kappa shape index (κ3) is 4.46. The molecule has 0 fully saturated rings. The van der Waals surface area contributed by atoms with Crippen LogP contribution in [0.15, 0.2) is 11.4 Å². The molecule has 0 aliphatic rings. The van der Waals surface area contributed by atoms with Crippen LogP contribution in [0.1, 0.15) is 39.2 Å². The third-order valence-electron chi connectivity index (χ3n) is 2.52. The zero-order valence-corrected chi connectivity index (χ0v) is 12.3. The summed E-state index contributed by atoms with van der Waals surface area (Å²) in [7, 11) is 0. The van der Waals surface area contributed by atoms with Crippen molar-refractivity contribution >= 4 is 17.6 Å². The molecule has 0 spiro atoms. The van der Waals surface area contributed by atoms with Gasteiger partial charge in [0.1, 0.15) is 17.2 Å². The maximum atomic E-state index is 9.15. The van der Waals surface area contributed by atoms with Gasteiger partial charge >= 0.3 is 0 Å². The van der Waals surface area contributed by atoms with E-state index in [1.165, 1.54) is 5.56 Å². The molecule has 2 N–H and O–H groups in total. The molecule has 1 heterocycles. The van der Waals surface area contributed by atoms with E-state index in [4.69, 9.17) is 5.11 Å². The second-order valence-electron chi connectivity index (χ2n) is 4.29. The van der Waals surface area contributed by atoms with Gasteiger partial charge in [-0.05, 0) is 12.8 Å². The maximum Gasteiger partial charge on any atom is 0.133 e. The summed E-state index contributed by atoms with van der Waals surface area (Å²) in [5.74, 6) is 0.946. The molecule has 5 heteroatoms. The molecule has 18 heavy (non-hydrogen) atoms. The lowest BCUT2D eigenvalue weighted by molar-refractivity contribution is 0.300. The zero-order chi connectivity index (χ0) is 13.4. The van der Waals surface area contributed by atoms with E-state index in [0.717, 1.165) is 36.7 Å². The Labute approximate surface area is 114 Å². The lowest BCUT2D eigenvalue weighted by atomic mass is 10.2. The van der Waals surface area contributed by atoms with Crippen LogP contribution in [-0.2, 0) is 6.42 Å². The van der Waals surface area contributed by atoms with Crippen LogP contribution in [0.5, 0.6) is 0 Å². The van der Waals surface area contributed by atoms with Gasteiger partial charge < -0.3 is 10.4 Å². The van der Waals surface area contributed by atoms with Crippen LogP contribution in [-0.4, -0.2) is 33.5 Å². The SMILES string of the molecule is CCCNc1ncnc(SC(C)CO)c1CCC. The van der Waals surface area contributed by atoms with Gasteiger partial charge in [-0.25, -0.2) is 9.97 Å². The van der Waals surface area contributed by atoms with Crippen molar-refractivity contribution in [2.75, 3.05) is 18.5 Å². The van der Waals surface area contributed by atoms with E-state index in [9.17, 15) is 0 Å². The molecule has 1 aromatic heterocycles. The molecule has 0 aliphatic carbocycles. The normalized spacial score (nSPS) is 12.4. The van der Waals surface area contributed by atoms with Gasteiger partial charge in [0, 0.05) is 17.4 Å². The van der Waals surface area contributed by atoms with Crippen molar-refractivity contribution in [1.82, 2.24) is 9.97 Å². The highest BCUT2D eigenvalue weighted by atomic mass is 32.2. The summed E-state index contributed by atoms with van der Waals surface area (Å²) in [5.41, 5.74) is 1.18. The molecule has 0 radical (unpaired) electrons. The van der Waals surface area contributed by atoms with Crippen molar-refractivity contribution in [3.63, 3.8) is 0 Å². The molecule has 102 valence electrons. The molecule has 1 rings (SSSR count). The van der Waals surface area contributed by atoms with Crippen LogP contribution < -0.4 is 5.32 Å². The Morgan fingerprint density at radius 3 is 2.72 bits per heavy atom. The molecular formula is C13H23N3OS. The van der Waals surface area contributed by atoms with Gasteiger partial charge in [-0.15, -0.1) is 11.8 Å². The highest BCUT2D eigenvalue weighted by molar-refractivity contribution is 7.99. The predicted molar refractivity (Wildman–Crippen MR) is 77.2 cm³/mol. The minimum Gasteiger partial charge on any atom is -0.395 e. The van der Waals surface area contributed by atoms with Gasteiger partial charge in [-0.2, -0.15) is 0 Å². The van der Waals surface area contributed by atoms with Gasteiger partial charge in [-0.1, -0.05) is 27.2 Å². The number of hydrogen-bond acceptors (Lipinski definition) is 5. The first-order valence-electron chi connectivity index (χ1n) is 6.58. The Bertz CT molecular complexity index is 360. The Kier molecular flexibility index (Phi) is 7.05. The Hall–Kier alpha value is -0.810. The molecule has 0 amide bonds. The number of hydrogen-bond donors (Lipinski definition) is 2.